The number of alkyl halides is 3. The Balaban J connectivity index is 1.74. The van der Waals surface area contributed by atoms with Gasteiger partial charge in [-0.05, 0) is 66.8 Å². The molecule has 1 saturated carbocycles. The second kappa shape index (κ2) is 6.87. The molecule has 28 heavy (non-hydrogen) atoms. The molecule has 1 fully saturated rings. The molecule has 4 rings (SSSR count). The van der Waals surface area contributed by atoms with Crippen LogP contribution in [0.1, 0.15) is 53.8 Å². The van der Waals surface area contributed by atoms with E-state index in [-0.39, 0.29) is 17.6 Å². The number of fused-ring (bicyclic) bond motifs is 1. The monoisotopic (exact) mass is 391 g/mol. The van der Waals surface area contributed by atoms with Crippen LogP contribution in [0.4, 0.5) is 17.6 Å². The van der Waals surface area contributed by atoms with Gasteiger partial charge in [0.1, 0.15) is 17.2 Å². The highest BCUT2D eigenvalue weighted by Gasteiger charge is 2.39. The maximum absolute atomic E-state index is 14.2. The average Bonchev–Trinajstić information content (AvgIpc) is 3.34. The molecule has 2 heterocycles. The maximum Gasteiger partial charge on any atom is 0.420 e. The zero-order valence-electron chi connectivity index (χ0n) is 15.7. The van der Waals surface area contributed by atoms with E-state index in [4.69, 9.17) is 0 Å². The van der Waals surface area contributed by atoms with Crippen molar-refractivity contribution >= 4 is 5.65 Å². The number of hydrogen-bond donors (Lipinski definition) is 0. The smallest absolute Gasteiger partial charge is 0.286 e. The fraction of sp³-hybridized carbons (Fsp3) is 0.429. The number of aryl methyl sites for hydroxylation is 1. The summed E-state index contributed by atoms with van der Waals surface area (Å²) in [4.78, 5) is 0. The van der Waals surface area contributed by atoms with E-state index >= 15 is 0 Å². The number of nitrogens with zero attached hydrogens (tertiary/aromatic N) is 3. The van der Waals surface area contributed by atoms with Crippen LogP contribution >= 0.6 is 0 Å². The summed E-state index contributed by atoms with van der Waals surface area (Å²) in [5, 5.41) is 7.87. The van der Waals surface area contributed by atoms with Gasteiger partial charge in [0.25, 0.3) is 0 Å². The van der Waals surface area contributed by atoms with Crippen LogP contribution < -0.4 is 0 Å². The Bertz CT molecular complexity index is 1020. The first-order chi connectivity index (χ1) is 13.2. The van der Waals surface area contributed by atoms with Crippen LogP contribution in [0.5, 0.6) is 0 Å². The number of rotatable bonds is 5. The van der Waals surface area contributed by atoms with Gasteiger partial charge in [0.15, 0.2) is 5.65 Å². The van der Waals surface area contributed by atoms with Crippen LogP contribution in [-0.2, 0) is 19.0 Å². The minimum Gasteiger partial charge on any atom is -0.286 e. The van der Waals surface area contributed by atoms with Gasteiger partial charge in [0.2, 0.25) is 0 Å². The molecule has 0 N–H and O–H groups in total. The quantitative estimate of drug-likeness (QED) is 0.538. The van der Waals surface area contributed by atoms with E-state index in [0.717, 1.165) is 18.4 Å². The molecule has 0 saturated heterocycles. The molecular formula is C21H21F4N3. The molecule has 1 aliphatic carbocycles. The third-order valence-electron chi connectivity index (χ3n) is 5.40. The number of hydrogen-bond acceptors (Lipinski definition) is 2. The summed E-state index contributed by atoms with van der Waals surface area (Å²) in [5.41, 5.74) is 0.353. The lowest BCUT2D eigenvalue weighted by molar-refractivity contribution is -0.137. The Hall–Kier alpha value is -2.44. The molecule has 1 unspecified atom stereocenters. The van der Waals surface area contributed by atoms with Crippen molar-refractivity contribution in [3.8, 4) is 0 Å². The number of pyridine rings is 1. The predicted octanol–water partition coefficient (Wildman–Crippen LogP) is 5.49. The van der Waals surface area contributed by atoms with Gasteiger partial charge < -0.3 is 0 Å². The molecule has 7 heteroatoms. The summed E-state index contributed by atoms with van der Waals surface area (Å²) in [6, 6.07) is 6.28. The number of halogens is 4. The summed E-state index contributed by atoms with van der Waals surface area (Å²) in [5.74, 6) is 0.134. The van der Waals surface area contributed by atoms with E-state index in [9.17, 15) is 17.6 Å². The van der Waals surface area contributed by atoms with Crippen molar-refractivity contribution in [2.45, 2.75) is 51.6 Å². The van der Waals surface area contributed by atoms with Crippen molar-refractivity contribution < 1.29 is 17.6 Å². The van der Waals surface area contributed by atoms with Gasteiger partial charge in [0.05, 0.1) is 0 Å². The molecule has 1 aromatic carbocycles. The third kappa shape index (κ3) is 3.62. The van der Waals surface area contributed by atoms with E-state index in [1.807, 2.05) is 0 Å². The van der Waals surface area contributed by atoms with Crippen LogP contribution in [0.25, 0.3) is 5.65 Å². The molecule has 1 aliphatic rings. The zero-order chi connectivity index (χ0) is 20.1. The minimum atomic E-state index is -4.57. The molecule has 3 aromatic rings. The van der Waals surface area contributed by atoms with Crippen LogP contribution in [0, 0.1) is 18.7 Å². The fourth-order valence-electron chi connectivity index (χ4n) is 3.70. The first-order valence-corrected chi connectivity index (χ1v) is 9.42. The Morgan fingerprint density at radius 2 is 1.93 bits per heavy atom. The molecule has 0 spiro atoms. The highest BCUT2D eigenvalue weighted by Crippen LogP contribution is 2.39. The fourth-order valence-corrected chi connectivity index (χ4v) is 3.70. The van der Waals surface area contributed by atoms with Crippen LogP contribution in [0.3, 0.4) is 0 Å². The van der Waals surface area contributed by atoms with Crippen molar-refractivity contribution in [2.75, 3.05) is 0 Å². The van der Waals surface area contributed by atoms with Gasteiger partial charge >= 0.3 is 6.18 Å². The van der Waals surface area contributed by atoms with Crippen molar-refractivity contribution in [3.63, 3.8) is 0 Å². The second-order valence-electron chi connectivity index (χ2n) is 7.80. The van der Waals surface area contributed by atoms with Crippen molar-refractivity contribution in [1.82, 2.24) is 14.6 Å². The average molecular weight is 391 g/mol. The number of benzene rings is 1. The summed E-state index contributed by atoms with van der Waals surface area (Å²) < 4.78 is 57.5. The van der Waals surface area contributed by atoms with E-state index in [0.29, 0.717) is 23.7 Å². The molecule has 1 atom stereocenters. The molecule has 148 valence electrons. The zero-order valence-corrected chi connectivity index (χ0v) is 15.7. The standard InChI is InChI=1S/C21H21F4N3/c1-12-3-6-15(17(22)9-12)10-13(2)16-7-8-28-18(11-14-4-5-14)26-27-20(28)19(16)21(23,24)25/h3,6-9,13-14H,4-5,10-11H2,1-2H3. The van der Waals surface area contributed by atoms with E-state index < -0.39 is 23.5 Å². The third-order valence-corrected chi connectivity index (χ3v) is 5.40. The number of aromatic nitrogens is 3. The SMILES string of the molecule is Cc1ccc(CC(C)c2ccn3c(CC4CC4)nnc3c2C(F)(F)F)c(F)c1. The van der Waals surface area contributed by atoms with Gasteiger partial charge in [-0.25, -0.2) is 4.39 Å². The molecule has 0 radical (unpaired) electrons. The predicted molar refractivity (Wildman–Crippen MR) is 97.7 cm³/mol. The molecule has 0 amide bonds. The van der Waals surface area contributed by atoms with Crippen molar-refractivity contribution in [1.29, 1.82) is 0 Å². The van der Waals surface area contributed by atoms with Crippen molar-refractivity contribution in [2.24, 2.45) is 5.92 Å². The van der Waals surface area contributed by atoms with E-state index in [1.165, 1.54) is 16.5 Å². The van der Waals surface area contributed by atoms with Crippen LogP contribution in [0.15, 0.2) is 30.5 Å². The van der Waals surface area contributed by atoms with Gasteiger partial charge in [-0.3, -0.25) is 4.40 Å². The van der Waals surface area contributed by atoms with E-state index in [1.54, 1.807) is 32.2 Å². The Morgan fingerprint density at radius 1 is 1.18 bits per heavy atom. The van der Waals surface area contributed by atoms with Crippen LogP contribution in [-0.4, -0.2) is 14.6 Å². The first-order valence-electron chi connectivity index (χ1n) is 9.42. The maximum atomic E-state index is 14.2. The van der Waals surface area contributed by atoms with Gasteiger partial charge in [0, 0.05) is 12.6 Å². The lowest BCUT2D eigenvalue weighted by atomic mass is 9.90. The van der Waals surface area contributed by atoms with Gasteiger partial charge in [-0.2, -0.15) is 13.2 Å². The molecular weight excluding hydrogens is 370 g/mol. The summed E-state index contributed by atoms with van der Waals surface area (Å²) in [7, 11) is 0. The minimum absolute atomic E-state index is 0.116. The Labute approximate surface area is 160 Å². The lowest BCUT2D eigenvalue weighted by Crippen LogP contribution is -2.15. The largest absolute Gasteiger partial charge is 0.420 e. The highest BCUT2D eigenvalue weighted by atomic mass is 19.4. The first kappa shape index (κ1) is 18.9. The molecule has 2 aromatic heterocycles. The second-order valence-corrected chi connectivity index (χ2v) is 7.80. The van der Waals surface area contributed by atoms with E-state index in [2.05, 4.69) is 10.2 Å². The Morgan fingerprint density at radius 3 is 2.57 bits per heavy atom. The normalized spacial score (nSPS) is 15.9. The lowest BCUT2D eigenvalue weighted by Gasteiger charge is -2.19. The Kier molecular flexibility index (Phi) is 4.63. The molecule has 0 bridgehead atoms. The molecule has 3 nitrogen and oxygen atoms in total. The van der Waals surface area contributed by atoms with Gasteiger partial charge in [-0.1, -0.05) is 19.1 Å². The van der Waals surface area contributed by atoms with Gasteiger partial charge in [-0.15, -0.1) is 10.2 Å². The summed E-state index contributed by atoms with van der Waals surface area (Å²) in [6.07, 6.45) is 0.0222. The summed E-state index contributed by atoms with van der Waals surface area (Å²) >= 11 is 0. The highest BCUT2D eigenvalue weighted by molar-refractivity contribution is 5.55. The van der Waals surface area contributed by atoms with Crippen molar-refractivity contribution in [3.05, 3.63) is 64.4 Å². The topological polar surface area (TPSA) is 30.2 Å². The van der Waals surface area contributed by atoms with Crippen LogP contribution in [0.2, 0.25) is 0 Å². The molecule has 0 aliphatic heterocycles. The summed E-state index contributed by atoms with van der Waals surface area (Å²) in [6.45, 7) is 3.46.